The second kappa shape index (κ2) is 5.65. The van der Waals surface area contributed by atoms with E-state index in [0.29, 0.717) is 0 Å². The van der Waals surface area contributed by atoms with Gasteiger partial charge in [0.1, 0.15) is 0 Å². The predicted octanol–water partition coefficient (Wildman–Crippen LogP) is 0.409. The summed E-state index contributed by atoms with van der Waals surface area (Å²) < 4.78 is 0. The molecule has 0 heterocycles. The average Bonchev–Trinajstić information content (AvgIpc) is 2.00. The number of aliphatic carboxylic acids is 1. The van der Waals surface area contributed by atoms with Crippen molar-refractivity contribution in [3.05, 3.63) is 12.7 Å². The van der Waals surface area contributed by atoms with E-state index in [1.807, 2.05) is 0 Å². The summed E-state index contributed by atoms with van der Waals surface area (Å²) in [4.78, 5) is 20.9. The van der Waals surface area contributed by atoms with Gasteiger partial charge in [-0.1, -0.05) is 6.08 Å². The summed E-state index contributed by atoms with van der Waals surface area (Å²) in [5.41, 5.74) is 0. The summed E-state index contributed by atoms with van der Waals surface area (Å²) in [7, 11) is 0. The minimum atomic E-state index is -0.987. The molecule has 4 nitrogen and oxygen atoms in total. The minimum absolute atomic E-state index is 0.0275. The summed E-state index contributed by atoms with van der Waals surface area (Å²) >= 11 is 3.92. The van der Waals surface area contributed by atoms with Crippen LogP contribution in [0.3, 0.4) is 0 Å². The van der Waals surface area contributed by atoms with Crippen LogP contribution in [-0.2, 0) is 9.59 Å². The molecule has 0 aromatic rings. The maximum Gasteiger partial charge on any atom is 0.303 e. The summed E-state index contributed by atoms with van der Waals surface area (Å²) in [6.45, 7) is 3.40. The van der Waals surface area contributed by atoms with Gasteiger partial charge in [-0.3, -0.25) is 9.59 Å². The Morgan fingerprint density at radius 2 is 2.17 bits per heavy atom. The third-order valence-electron chi connectivity index (χ3n) is 1.10. The van der Waals surface area contributed by atoms with Crippen molar-refractivity contribution < 1.29 is 14.7 Å². The summed E-state index contributed by atoms with van der Waals surface area (Å²) in [5.74, 6) is -1.32. The first-order valence-electron chi connectivity index (χ1n) is 3.38. The van der Waals surface area contributed by atoms with Crippen LogP contribution in [0.5, 0.6) is 0 Å². The zero-order valence-corrected chi connectivity index (χ0v) is 7.38. The molecule has 0 saturated carbocycles. The smallest absolute Gasteiger partial charge is 0.303 e. The van der Waals surface area contributed by atoms with Crippen molar-refractivity contribution >= 4 is 24.5 Å². The first kappa shape index (κ1) is 11.0. The van der Waals surface area contributed by atoms with Crippen LogP contribution in [0.2, 0.25) is 0 Å². The highest BCUT2D eigenvalue weighted by Gasteiger charge is 2.06. The molecular weight excluding hydrogens is 178 g/mol. The van der Waals surface area contributed by atoms with Crippen molar-refractivity contribution in [3.8, 4) is 0 Å². The highest BCUT2D eigenvalue weighted by molar-refractivity contribution is 7.81. The fourth-order valence-electron chi connectivity index (χ4n) is 0.517. The van der Waals surface area contributed by atoms with Gasteiger partial charge in [0.25, 0.3) is 0 Å². The number of carbonyl (C=O) groups is 2. The van der Waals surface area contributed by atoms with E-state index < -0.39 is 11.3 Å². The van der Waals surface area contributed by atoms with Crippen molar-refractivity contribution in [1.82, 2.24) is 5.32 Å². The molecule has 68 valence electrons. The Labute approximate surface area is 76.1 Å². The van der Waals surface area contributed by atoms with Gasteiger partial charge >= 0.3 is 5.97 Å². The molecule has 1 atom stereocenters. The monoisotopic (exact) mass is 189 g/mol. The molecule has 0 radical (unpaired) electrons. The number of hydrogen-bond acceptors (Lipinski definition) is 3. The van der Waals surface area contributed by atoms with Crippen molar-refractivity contribution in [3.63, 3.8) is 0 Å². The summed E-state index contributed by atoms with van der Waals surface area (Å²) in [5, 5.41) is 10.3. The highest BCUT2D eigenvalue weighted by Crippen LogP contribution is 1.94. The first-order chi connectivity index (χ1) is 5.56. The lowest BCUT2D eigenvalue weighted by atomic mass is 10.3. The first-order valence-corrected chi connectivity index (χ1v) is 3.89. The third-order valence-corrected chi connectivity index (χ3v) is 1.44. The van der Waals surface area contributed by atoms with E-state index in [1.54, 1.807) is 0 Å². The maximum atomic E-state index is 10.8. The van der Waals surface area contributed by atoms with Gasteiger partial charge in [-0.25, -0.2) is 0 Å². The highest BCUT2D eigenvalue weighted by atomic mass is 32.1. The molecule has 0 rings (SSSR count). The van der Waals surface area contributed by atoms with Gasteiger partial charge in [0, 0.05) is 6.42 Å². The zero-order chi connectivity index (χ0) is 9.56. The molecule has 2 N–H and O–H groups in total. The Balaban J connectivity index is 3.59. The Kier molecular flexibility index (Phi) is 5.19. The van der Waals surface area contributed by atoms with Crippen LogP contribution in [0.4, 0.5) is 0 Å². The molecule has 12 heavy (non-hydrogen) atoms. The van der Waals surface area contributed by atoms with Crippen LogP contribution in [0, 0.1) is 0 Å². The van der Waals surface area contributed by atoms with Crippen molar-refractivity contribution in [2.24, 2.45) is 0 Å². The van der Waals surface area contributed by atoms with Crippen LogP contribution in [0.15, 0.2) is 12.7 Å². The molecule has 0 spiro atoms. The molecule has 0 aliphatic carbocycles. The number of nitrogens with one attached hydrogen (secondary N) is 1. The van der Waals surface area contributed by atoms with Gasteiger partial charge in [0.05, 0.1) is 11.8 Å². The van der Waals surface area contributed by atoms with Crippen molar-refractivity contribution in [1.29, 1.82) is 0 Å². The zero-order valence-electron chi connectivity index (χ0n) is 6.49. The second-order valence-electron chi connectivity index (χ2n) is 2.14. The summed E-state index contributed by atoms with van der Waals surface area (Å²) in [6.07, 6.45) is 1.26. The molecule has 0 aromatic carbocycles. The fourth-order valence-corrected chi connectivity index (χ4v) is 0.660. The van der Waals surface area contributed by atoms with Gasteiger partial charge in [-0.15, -0.1) is 6.58 Å². The SMILES string of the molecule is C=CC(S)NC(=O)CCC(=O)O. The number of amides is 1. The van der Waals surface area contributed by atoms with Crippen molar-refractivity contribution in [2.45, 2.75) is 18.2 Å². The molecule has 0 aromatic heterocycles. The number of carbonyl (C=O) groups excluding carboxylic acids is 1. The van der Waals surface area contributed by atoms with E-state index in [1.165, 1.54) is 6.08 Å². The minimum Gasteiger partial charge on any atom is -0.481 e. The van der Waals surface area contributed by atoms with Crippen molar-refractivity contribution in [2.75, 3.05) is 0 Å². The molecule has 0 bridgehead atoms. The maximum absolute atomic E-state index is 10.8. The lowest BCUT2D eigenvalue weighted by Gasteiger charge is -2.06. The van der Waals surface area contributed by atoms with Gasteiger partial charge in [-0.2, -0.15) is 12.6 Å². The van der Waals surface area contributed by atoms with Gasteiger partial charge in [-0.05, 0) is 0 Å². The second-order valence-corrected chi connectivity index (χ2v) is 2.70. The van der Waals surface area contributed by atoms with Crippen LogP contribution in [0.1, 0.15) is 12.8 Å². The van der Waals surface area contributed by atoms with Crippen LogP contribution in [-0.4, -0.2) is 22.4 Å². The molecule has 0 aliphatic heterocycles. The van der Waals surface area contributed by atoms with E-state index in [0.717, 1.165) is 0 Å². The molecule has 0 fully saturated rings. The quantitative estimate of drug-likeness (QED) is 0.333. The van der Waals surface area contributed by atoms with Gasteiger partial charge < -0.3 is 10.4 Å². The largest absolute Gasteiger partial charge is 0.481 e. The molecule has 5 heteroatoms. The Hall–Kier alpha value is -0.970. The van der Waals surface area contributed by atoms with Crippen LogP contribution in [0.25, 0.3) is 0 Å². The van der Waals surface area contributed by atoms with Crippen LogP contribution < -0.4 is 5.32 Å². The molecular formula is C7H11NO3S. The normalized spacial score (nSPS) is 11.8. The molecule has 0 aliphatic rings. The van der Waals surface area contributed by atoms with E-state index in [4.69, 9.17) is 5.11 Å². The fraction of sp³-hybridized carbons (Fsp3) is 0.429. The standard InChI is InChI=1S/C7H11NO3S/c1-2-6(12)8-5(9)3-4-7(10)11/h2,6,12H,1,3-4H2,(H,8,9)(H,10,11). The third kappa shape index (κ3) is 5.79. The van der Waals surface area contributed by atoms with E-state index in [2.05, 4.69) is 24.5 Å². The number of hydrogen-bond donors (Lipinski definition) is 3. The van der Waals surface area contributed by atoms with E-state index in [9.17, 15) is 9.59 Å². The number of carboxylic acids is 1. The predicted molar refractivity (Wildman–Crippen MR) is 48.0 cm³/mol. The van der Waals surface area contributed by atoms with Crippen LogP contribution >= 0.6 is 12.6 Å². The average molecular weight is 189 g/mol. The summed E-state index contributed by atoms with van der Waals surface area (Å²) in [6, 6.07) is 0. The van der Waals surface area contributed by atoms with Gasteiger partial charge in [0.2, 0.25) is 5.91 Å². The Bertz CT molecular complexity index is 193. The van der Waals surface area contributed by atoms with Gasteiger partial charge in [0.15, 0.2) is 0 Å². The lowest BCUT2D eigenvalue weighted by molar-refractivity contribution is -0.138. The topological polar surface area (TPSA) is 66.4 Å². The van der Waals surface area contributed by atoms with E-state index in [-0.39, 0.29) is 18.7 Å². The number of carboxylic acid groups (broad SMARTS) is 1. The molecule has 1 amide bonds. The van der Waals surface area contributed by atoms with E-state index >= 15 is 0 Å². The number of thiol groups is 1. The number of rotatable bonds is 5. The molecule has 0 saturated heterocycles. The Morgan fingerprint density at radius 3 is 2.58 bits per heavy atom. The molecule has 1 unspecified atom stereocenters. The Morgan fingerprint density at radius 1 is 1.58 bits per heavy atom. The lowest BCUT2D eigenvalue weighted by Crippen LogP contribution is -2.29.